The van der Waals surface area contributed by atoms with Gasteiger partial charge in [-0.05, 0) is 116 Å². The molecule has 0 heterocycles. The second-order valence-electron chi connectivity index (χ2n) is 17.1. The van der Waals surface area contributed by atoms with Crippen LogP contribution in [0.2, 0.25) is 0 Å². The van der Waals surface area contributed by atoms with E-state index in [1.54, 1.807) is 5.57 Å². The maximum absolute atomic E-state index is 14.3. The van der Waals surface area contributed by atoms with Crippen LogP contribution in [0, 0.1) is 50.2 Å². The zero-order valence-electron chi connectivity index (χ0n) is 27.3. The summed E-state index contributed by atoms with van der Waals surface area (Å²) in [4.78, 5) is 14.3. The molecule has 0 saturated heterocycles. The van der Waals surface area contributed by atoms with E-state index < -0.39 is 11.5 Å². The highest BCUT2D eigenvalue weighted by molar-refractivity contribution is 5.84. The average Bonchev–Trinajstić information content (AvgIpc) is 2.96. The number of allylic oxidation sites excluding steroid dienone is 2. The summed E-state index contributed by atoms with van der Waals surface area (Å²) < 4.78 is 0. The van der Waals surface area contributed by atoms with Gasteiger partial charge in [0.25, 0.3) is 0 Å². The van der Waals surface area contributed by atoms with Gasteiger partial charge >= 0.3 is 0 Å². The van der Waals surface area contributed by atoms with Gasteiger partial charge in [-0.1, -0.05) is 83.5 Å². The zero-order chi connectivity index (χ0) is 30.2. The Hall–Kier alpha value is -1.65. The number of rotatable bonds is 5. The van der Waals surface area contributed by atoms with E-state index in [0.717, 1.165) is 70.6 Å². The predicted octanol–water partition coefficient (Wildman–Crippen LogP) is 7.48. The minimum absolute atomic E-state index is 0.0648. The average molecular weight is 576 g/mol. The Labute approximate surface area is 255 Å². The van der Waals surface area contributed by atoms with Crippen molar-refractivity contribution >= 4 is 5.91 Å². The first-order valence-electron chi connectivity index (χ1n) is 17.1. The number of hydrogen-bond donors (Lipinski definition) is 3. The first-order chi connectivity index (χ1) is 19.8. The second-order valence-corrected chi connectivity index (χ2v) is 17.1. The smallest absolute Gasteiger partial charge is 0.226 e. The first kappa shape index (κ1) is 30.4. The summed E-state index contributed by atoms with van der Waals surface area (Å²) in [5.74, 6) is 1.46. The van der Waals surface area contributed by atoms with Crippen molar-refractivity contribution in [2.45, 2.75) is 118 Å². The number of aliphatic hydroxyl groups is 2. The van der Waals surface area contributed by atoms with E-state index in [2.05, 4.69) is 77.2 Å². The molecule has 4 saturated carbocycles. The van der Waals surface area contributed by atoms with Gasteiger partial charge in [0.2, 0.25) is 5.91 Å². The third-order valence-electron chi connectivity index (χ3n) is 14.8. The lowest BCUT2D eigenvalue weighted by Gasteiger charge is -2.71. The largest absolute Gasteiger partial charge is 0.396 e. The van der Waals surface area contributed by atoms with Crippen LogP contribution in [0.4, 0.5) is 0 Å². The molecule has 1 amide bonds. The van der Waals surface area contributed by atoms with E-state index >= 15 is 0 Å². The summed E-state index contributed by atoms with van der Waals surface area (Å²) in [6, 6.07) is 10.5. The lowest BCUT2D eigenvalue weighted by atomic mass is 9.33. The SMILES string of the molecule is CC1(C)CC[C@]2(C(=O)NCCc3ccccc3)CC[C@]3(C)C(=CC[C@@H]4[C@@]5(C)CC[C@H](O)[C@@](C)(CO)[C@@H]5CC[C@]43C)[C@@H]2C1. The lowest BCUT2D eigenvalue weighted by Crippen LogP contribution is -2.66. The molecule has 42 heavy (non-hydrogen) atoms. The predicted molar refractivity (Wildman–Crippen MR) is 170 cm³/mol. The van der Waals surface area contributed by atoms with Crippen molar-refractivity contribution in [3.63, 3.8) is 0 Å². The van der Waals surface area contributed by atoms with Crippen molar-refractivity contribution < 1.29 is 15.0 Å². The maximum atomic E-state index is 14.3. The molecule has 4 nitrogen and oxygen atoms in total. The van der Waals surface area contributed by atoms with E-state index in [1.807, 2.05) is 6.07 Å². The van der Waals surface area contributed by atoms with Crippen molar-refractivity contribution in [1.82, 2.24) is 5.32 Å². The molecule has 4 fully saturated rings. The van der Waals surface area contributed by atoms with Crippen molar-refractivity contribution in [2.24, 2.45) is 50.2 Å². The molecule has 4 heteroatoms. The first-order valence-corrected chi connectivity index (χ1v) is 17.1. The number of benzene rings is 1. The molecule has 6 rings (SSSR count). The third-order valence-corrected chi connectivity index (χ3v) is 14.8. The third kappa shape index (κ3) is 4.24. The van der Waals surface area contributed by atoms with Crippen molar-refractivity contribution in [3.8, 4) is 0 Å². The van der Waals surface area contributed by atoms with E-state index in [9.17, 15) is 15.0 Å². The Bertz CT molecular complexity index is 1220. The Kier molecular flexibility index (Phi) is 7.37. The quantitative estimate of drug-likeness (QED) is 0.319. The second kappa shape index (κ2) is 10.2. The fraction of sp³-hybridized carbons (Fsp3) is 0.763. The number of carbonyl (C=O) groups is 1. The van der Waals surface area contributed by atoms with Crippen LogP contribution in [0.1, 0.15) is 111 Å². The monoisotopic (exact) mass is 575 g/mol. The number of aliphatic hydroxyl groups excluding tert-OH is 2. The van der Waals surface area contributed by atoms with Crippen LogP contribution in [0.5, 0.6) is 0 Å². The van der Waals surface area contributed by atoms with Crippen LogP contribution in [0.3, 0.4) is 0 Å². The molecule has 232 valence electrons. The standard InChI is InChI=1S/C38H57NO3/c1-33(2)19-21-38(32(42)39-23-16-26-10-8-7-9-11-26)22-20-36(5)27(28(38)24-33)12-13-30-34(3)17-15-31(41)35(4,25-40)29(34)14-18-37(30,36)6/h7-12,28-31,40-41H,13-25H2,1-6H3,(H,39,42)/t28-,29+,30+,31-,34-,35-,36+,37+,38-/m0/s1. The van der Waals surface area contributed by atoms with E-state index in [4.69, 9.17) is 0 Å². The normalized spacial score (nSPS) is 45.9. The molecular formula is C38H57NO3. The van der Waals surface area contributed by atoms with Crippen LogP contribution in [0.15, 0.2) is 42.0 Å². The molecular weight excluding hydrogens is 518 g/mol. The molecule has 0 spiro atoms. The summed E-state index contributed by atoms with van der Waals surface area (Å²) in [6.45, 7) is 15.4. The van der Waals surface area contributed by atoms with Crippen LogP contribution < -0.4 is 5.32 Å². The molecule has 0 aliphatic heterocycles. The van der Waals surface area contributed by atoms with E-state index in [-0.39, 0.29) is 33.7 Å². The topological polar surface area (TPSA) is 69.6 Å². The molecule has 0 aromatic heterocycles. The van der Waals surface area contributed by atoms with Crippen LogP contribution in [0.25, 0.3) is 0 Å². The Morgan fingerprint density at radius 1 is 0.905 bits per heavy atom. The molecule has 1 aromatic carbocycles. The highest BCUT2D eigenvalue weighted by atomic mass is 16.3. The Morgan fingerprint density at radius 3 is 2.33 bits per heavy atom. The number of amides is 1. The molecule has 5 aliphatic carbocycles. The highest BCUT2D eigenvalue weighted by Crippen LogP contribution is 2.75. The van der Waals surface area contributed by atoms with Crippen molar-refractivity contribution in [3.05, 3.63) is 47.5 Å². The van der Waals surface area contributed by atoms with Crippen LogP contribution in [-0.4, -0.2) is 35.4 Å². The minimum atomic E-state index is -0.424. The van der Waals surface area contributed by atoms with Crippen LogP contribution in [-0.2, 0) is 11.2 Å². The molecule has 0 bridgehead atoms. The van der Waals surface area contributed by atoms with Gasteiger partial charge in [-0.25, -0.2) is 0 Å². The van der Waals surface area contributed by atoms with Gasteiger partial charge in [-0.15, -0.1) is 0 Å². The number of carbonyl (C=O) groups excluding carboxylic acids is 1. The van der Waals surface area contributed by atoms with Crippen LogP contribution >= 0.6 is 0 Å². The molecule has 0 radical (unpaired) electrons. The molecule has 3 N–H and O–H groups in total. The van der Waals surface area contributed by atoms with Gasteiger partial charge in [0.05, 0.1) is 18.1 Å². The maximum Gasteiger partial charge on any atom is 0.226 e. The fourth-order valence-electron chi connectivity index (χ4n) is 11.8. The van der Waals surface area contributed by atoms with E-state index in [1.165, 1.54) is 5.56 Å². The number of nitrogens with one attached hydrogen (secondary N) is 1. The summed E-state index contributed by atoms with van der Waals surface area (Å²) in [5, 5.41) is 25.0. The number of fused-ring (bicyclic) bond motifs is 7. The fourth-order valence-corrected chi connectivity index (χ4v) is 11.8. The van der Waals surface area contributed by atoms with Crippen molar-refractivity contribution in [1.29, 1.82) is 0 Å². The number of hydrogen-bond acceptors (Lipinski definition) is 3. The summed E-state index contributed by atoms with van der Waals surface area (Å²) in [6.07, 6.45) is 13.4. The van der Waals surface area contributed by atoms with Crippen molar-refractivity contribution in [2.75, 3.05) is 13.2 Å². The van der Waals surface area contributed by atoms with Gasteiger partial charge in [-0.3, -0.25) is 4.79 Å². The summed E-state index contributed by atoms with van der Waals surface area (Å²) in [5.41, 5.74) is 2.71. The lowest BCUT2D eigenvalue weighted by molar-refractivity contribution is -0.215. The van der Waals surface area contributed by atoms with Gasteiger partial charge in [0, 0.05) is 12.0 Å². The Morgan fingerprint density at radius 2 is 1.62 bits per heavy atom. The molecule has 9 atom stereocenters. The molecule has 1 aromatic rings. The molecule has 0 unspecified atom stereocenters. The minimum Gasteiger partial charge on any atom is -0.396 e. The van der Waals surface area contributed by atoms with E-state index in [0.29, 0.717) is 30.2 Å². The van der Waals surface area contributed by atoms with Gasteiger partial charge < -0.3 is 15.5 Å². The van der Waals surface area contributed by atoms with Gasteiger partial charge in [0.1, 0.15) is 0 Å². The zero-order valence-corrected chi connectivity index (χ0v) is 27.3. The Balaban J connectivity index is 1.33. The highest BCUT2D eigenvalue weighted by Gasteiger charge is 2.69. The molecule has 5 aliphatic rings. The summed E-state index contributed by atoms with van der Waals surface area (Å²) >= 11 is 0. The van der Waals surface area contributed by atoms with Gasteiger partial charge in [-0.2, -0.15) is 0 Å². The van der Waals surface area contributed by atoms with Gasteiger partial charge in [0.15, 0.2) is 0 Å². The summed E-state index contributed by atoms with van der Waals surface area (Å²) in [7, 11) is 0.